The van der Waals surface area contributed by atoms with E-state index < -0.39 is 0 Å². The molecular weight excluding hydrogens is 176 g/mol. The van der Waals surface area contributed by atoms with E-state index in [0.717, 1.165) is 25.9 Å². The summed E-state index contributed by atoms with van der Waals surface area (Å²) in [6.45, 7) is 9.96. The minimum absolute atomic E-state index is 0.134. The molecule has 0 saturated heterocycles. The summed E-state index contributed by atoms with van der Waals surface area (Å²) >= 11 is 0. The Kier molecular flexibility index (Phi) is 6.54. The highest BCUT2D eigenvalue weighted by molar-refractivity contribution is 5.75. The van der Waals surface area contributed by atoms with Crippen LogP contribution in [0, 0.1) is 0 Å². The van der Waals surface area contributed by atoms with Crippen LogP contribution in [0.15, 0.2) is 0 Å². The average Bonchev–Trinajstić information content (AvgIpc) is 2.18. The monoisotopic (exact) mass is 200 g/mol. The second-order valence-electron chi connectivity index (χ2n) is 3.90. The van der Waals surface area contributed by atoms with Crippen LogP contribution in [0.25, 0.3) is 0 Å². The molecule has 0 rings (SSSR count). The van der Waals surface area contributed by atoms with E-state index in [9.17, 15) is 4.79 Å². The molecular formula is C11H24N2O. The first-order chi connectivity index (χ1) is 6.58. The number of rotatable bonds is 7. The van der Waals surface area contributed by atoms with Crippen LogP contribution >= 0.6 is 0 Å². The summed E-state index contributed by atoms with van der Waals surface area (Å²) in [5.41, 5.74) is 0.187. The Morgan fingerprint density at radius 2 is 1.79 bits per heavy atom. The predicted octanol–water partition coefficient (Wildman–Crippen LogP) is 1.68. The number of hydrogen-bond acceptors (Lipinski definition) is 2. The predicted molar refractivity (Wildman–Crippen MR) is 60.3 cm³/mol. The molecule has 3 nitrogen and oxygen atoms in total. The molecule has 0 bridgehead atoms. The topological polar surface area (TPSA) is 41.1 Å². The van der Waals surface area contributed by atoms with Crippen molar-refractivity contribution in [2.45, 2.75) is 52.5 Å². The van der Waals surface area contributed by atoms with Gasteiger partial charge in [0.2, 0.25) is 5.91 Å². The molecule has 0 aromatic heterocycles. The fraction of sp³-hybridized carbons (Fsp3) is 0.909. The van der Waals surface area contributed by atoms with Gasteiger partial charge in [-0.3, -0.25) is 4.79 Å². The summed E-state index contributed by atoms with van der Waals surface area (Å²) in [5.74, 6) is 0.134. The molecule has 2 N–H and O–H groups in total. The third-order valence-electron chi connectivity index (χ3n) is 2.84. The molecule has 84 valence electrons. The fourth-order valence-corrected chi connectivity index (χ4v) is 1.26. The van der Waals surface area contributed by atoms with Gasteiger partial charge in [-0.25, -0.2) is 0 Å². The third-order valence-corrected chi connectivity index (χ3v) is 2.84. The van der Waals surface area contributed by atoms with Gasteiger partial charge >= 0.3 is 0 Å². The maximum absolute atomic E-state index is 11.2. The standard InChI is InChI=1S/C11H24N2O/c1-5-11(4,6-2)13-9-8-10(14)12-7-3/h13H,5-9H2,1-4H3,(H,12,14). The van der Waals surface area contributed by atoms with Gasteiger partial charge in [-0.05, 0) is 26.7 Å². The SMILES string of the molecule is CCNC(=O)CCNC(C)(CC)CC. The lowest BCUT2D eigenvalue weighted by Gasteiger charge is -2.28. The Morgan fingerprint density at radius 3 is 2.21 bits per heavy atom. The van der Waals surface area contributed by atoms with Gasteiger partial charge in [0.05, 0.1) is 0 Å². The summed E-state index contributed by atoms with van der Waals surface area (Å²) in [6.07, 6.45) is 2.77. The third kappa shape index (κ3) is 5.22. The molecule has 14 heavy (non-hydrogen) atoms. The van der Waals surface area contributed by atoms with E-state index in [0.29, 0.717) is 6.42 Å². The van der Waals surface area contributed by atoms with Crippen molar-refractivity contribution in [1.29, 1.82) is 0 Å². The quantitative estimate of drug-likeness (QED) is 0.656. The maximum Gasteiger partial charge on any atom is 0.221 e. The lowest BCUT2D eigenvalue weighted by atomic mass is 9.95. The second kappa shape index (κ2) is 6.82. The summed E-state index contributed by atoms with van der Waals surface area (Å²) in [4.78, 5) is 11.2. The van der Waals surface area contributed by atoms with Crippen LogP contribution < -0.4 is 10.6 Å². The van der Waals surface area contributed by atoms with Crippen molar-refractivity contribution in [3.63, 3.8) is 0 Å². The van der Waals surface area contributed by atoms with E-state index in [4.69, 9.17) is 0 Å². The van der Waals surface area contributed by atoms with Gasteiger partial charge < -0.3 is 10.6 Å². The Balaban J connectivity index is 3.66. The second-order valence-corrected chi connectivity index (χ2v) is 3.90. The van der Waals surface area contributed by atoms with E-state index >= 15 is 0 Å². The number of carbonyl (C=O) groups is 1. The number of nitrogens with one attached hydrogen (secondary N) is 2. The summed E-state index contributed by atoms with van der Waals surface area (Å²) < 4.78 is 0. The van der Waals surface area contributed by atoms with E-state index in [1.165, 1.54) is 0 Å². The zero-order valence-corrected chi connectivity index (χ0v) is 9.94. The van der Waals surface area contributed by atoms with Gasteiger partial charge in [0.15, 0.2) is 0 Å². The van der Waals surface area contributed by atoms with Crippen LogP contribution in [0.2, 0.25) is 0 Å². The molecule has 0 aromatic rings. The number of amides is 1. The van der Waals surface area contributed by atoms with Gasteiger partial charge in [-0.2, -0.15) is 0 Å². The average molecular weight is 200 g/mol. The number of carbonyl (C=O) groups excluding carboxylic acids is 1. The van der Waals surface area contributed by atoms with Crippen molar-refractivity contribution in [2.75, 3.05) is 13.1 Å². The van der Waals surface area contributed by atoms with Crippen molar-refractivity contribution in [2.24, 2.45) is 0 Å². The van der Waals surface area contributed by atoms with Crippen LogP contribution in [0.4, 0.5) is 0 Å². The van der Waals surface area contributed by atoms with E-state index in [1.54, 1.807) is 0 Å². The van der Waals surface area contributed by atoms with Crippen LogP contribution in [-0.2, 0) is 4.79 Å². The van der Waals surface area contributed by atoms with E-state index in [2.05, 4.69) is 31.4 Å². The maximum atomic E-state index is 11.2. The molecule has 0 aliphatic carbocycles. The Labute approximate surface area is 87.6 Å². The molecule has 0 spiro atoms. The Hall–Kier alpha value is -0.570. The highest BCUT2D eigenvalue weighted by Gasteiger charge is 2.17. The van der Waals surface area contributed by atoms with Crippen LogP contribution in [0.5, 0.6) is 0 Å². The first-order valence-corrected chi connectivity index (χ1v) is 5.59. The van der Waals surface area contributed by atoms with E-state index in [1.807, 2.05) is 6.92 Å². The highest BCUT2D eigenvalue weighted by Crippen LogP contribution is 2.12. The van der Waals surface area contributed by atoms with Gasteiger partial charge in [-0.15, -0.1) is 0 Å². The minimum atomic E-state index is 0.134. The molecule has 0 unspecified atom stereocenters. The van der Waals surface area contributed by atoms with Crippen LogP contribution in [0.3, 0.4) is 0 Å². The molecule has 0 fully saturated rings. The van der Waals surface area contributed by atoms with Gasteiger partial charge in [0.1, 0.15) is 0 Å². The summed E-state index contributed by atoms with van der Waals surface area (Å²) in [7, 11) is 0. The first kappa shape index (κ1) is 13.4. The fourth-order valence-electron chi connectivity index (χ4n) is 1.26. The molecule has 0 atom stereocenters. The minimum Gasteiger partial charge on any atom is -0.356 e. The van der Waals surface area contributed by atoms with Crippen LogP contribution in [-0.4, -0.2) is 24.5 Å². The lowest BCUT2D eigenvalue weighted by Crippen LogP contribution is -2.42. The van der Waals surface area contributed by atoms with Gasteiger partial charge in [0.25, 0.3) is 0 Å². The Bertz CT molecular complexity index is 165. The van der Waals surface area contributed by atoms with Crippen molar-refractivity contribution in [3.8, 4) is 0 Å². The van der Waals surface area contributed by atoms with Crippen LogP contribution in [0.1, 0.15) is 47.0 Å². The number of hydrogen-bond donors (Lipinski definition) is 2. The normalized spacial score (nSPS) is 11.4. The summed E-state index contributed by atoms with van der Waals surface area (Å²) in [6, 6.07) is 0. The summed E-state index contributed by atoms with van der Waals surface area (Å²) in [5, 5.41) is 6.21. The highest BCUT2D eigenvalue weighted by atomic mass is 16.1. The van der Waals surface area contributed by atoms with Crippen molar-refractivity contribution in [3.05, 3.63) is 0 Å². The first-order valence-electron chi connectivity index (χ1n) is 5.59. The lowest BCUT2D eigenvalue weighted by molar-refractivity contribution is -0.120. The zero-order chi connectivity index (χ0) is 11.0. The molecule has 0 radical (unpaired) electrons. The van der Waals surface area contributed by atoms with Crippen molar-refractivity contribution in [1.82, 2.24) is 10.6 Å². The molecule has 0 aliphatic rings. The van der Waals surface area contributed by atoms with Crippen molar-refractivity contribution < 1.29 is 4.79 Å². The Morgan fingerprint density at radius 1 is 1.21 bits per heavy atom. The van der Waals surface area contributed by atoms with Gasteiger partial charge in [-0.1, -0.05) is 13.8 Å². The molecule has 3 heteroatoms. The zero-order valence-electron chi connectivity index (χ0n) is 9.94. The molecule has 0 saturated carbocycles. The largest absolute Gasteiger partial charge is 0.356 e. The molecule has 0 aliphatic heterocycles. The smallest absolute Gasteiger partial charge is 0.221 e. The molecule has 0 aromatic carbocycles. The van der Waals surface area contributed by atoms with E-state index in [-0.39, 0.29) is 11.4 Å². The van der Waals surface area contributed by atoms with Crippen molar-refractivity contribution >= 4 is 5.91 Å². The molecule has 1 amide bonds. The molecule has 0 heterocycles. The van der Waals surface area contributed by atoms with Gasteiger partial charge in [0, 0.05) is 25.0 Å².